The molecular formula is C17H16ClN3O4. The number of carbonyl (C=O) groups is 2. The lowest BCUT2D eigenvalue weighted by atomic mass is 10.2. The average molecular weight is 362 g/mol. The van der Waals surface area contributed by atoms with Crippen molar-refractivity contribution >= 4 is 35.3 Å². The van der Waals surface area contributed by atoms with Crippen LogP contribution in [0.4, 0.5) is 5.69 Å². The number of hydrogen-bond donors (Lipinski definition) is 2. The molecule has 0 aliphatic carbocycles. The molecule has 2 N–H and O–H groups in total. The highest BCUT2D eigenvalue weighted by Crippen LogP contribution is 2.27. The molecule has 0 saturated heterocycles. The summed E-state index contributed by atoms with van der Waals surface area (Å²) in [6, 6.07) is 11.7. The van der Waals surface area contributed by atoms with Crippen molar-refractivity contribution < 1.29 is 19.1 Å². The van der Waals surface area contributed by atoms with Crippen molar-refractivity contribution in [3.05, 3.63) is 53.1 Å². The number of nitrogens with zero attached hydrogens (tertiary/aromatic N) is 1. The minimum absolute atomic E-state index is 0.286. The predicted molar refractivity (Wildman–Crippen MR) is 95.4 cm³/mol. The van der Waals surface area contributed by atoms with Crippen molar-refractivity contribution in [1.82, 2.24) is 5.43 Å². The van der Waals surface area contributed by atoms with Gasteiger partial charge in [0.2, 0.25) is 0 Å². The quantitative estimate of drug-likeness (QED) is 0.486. The minimum atomic E-state index is -0.924. The molecule has 0 aliphatic rings. The molecule has 25 heavy (non-hydrogen) atoms. The third-order valence-electron chi connectivity index (χ3n) is 3.11. The number of rotatable bonds is 5. The van der Waals surface area contributed by atoms with Crippen molar-refractivity contribution in [3.63, 3.8) is 0 Å². The molecule has 0 spiro atoms. The second-order valence-electron chi connectivity index (χ2n) is 4.77. The van der Waals surface area contributed by atoms with Crippen LogP contribution in [0.25, 0.3) is 0 Å². The number of anilines is 1. The first-order valence-corrected chi connectivity index (χ1v) is 7.53. The zero-order chi connectivity index (χ0) is 18.2. The zero-order valence-corrected chi connectivity index (χ0v) is 14.3. The van der Waals surface area contributed by atoms with E-state index < -0.39 is 11.8 Å². The number of hydrazone groups is 1. The van der Waals surface area contributed by atoms with Crippen LogP contribution in [-0.2, 0) is 9.59 Å². The van der Waals surface area contributed by atoms with Crippen LogP contribution in [0.3, 0.4) is 0 Å². The summed E-state index contributed by atoms with van der Waals surface area (Å²) < 4.78 is 10.1. The number of ether oxygens (including phenoxy) is 2. The molecule has 0 fully saturated rings. The van der Waals surface area contributed by atoms with E-state index >= 15 is 0 Å². The number of carbonyl (C=O) groups excluding carboxylic acids is 2. The predicted octanol–water partition coefficient (Wildman–Crippen LogP) is 2.45. The second-order valence-corrected chi connectivity index (χ2v) is 5.21. The molecule has 7 nitrogen and oxygen atoms in total. The molecule has 0 radical (unpaired) electrons. The van der Waals surface area contributed by atoms with Gasteiger partial charge in [0.25, 0.3) is 0 Å². The molecule has 0 saturated carbocycles. The van der Waals surface area contributed by atoms with Gasteiger partial charge in [0.15, 0.2) is 0 Å². The van der Waals surface area contributed by atoms with Gasteiger partial charge in [-0.3, -0.25) is 9.59 Å². The van der Waals surface area contributed by atoms with Crippen LogP contribution in [0.15, 0.2) is 47.6 Å². The van der Waals surface area contributed by atoms with Crippen molar-refractivity contribution in [2.24, 2.45) is 5.10 Å². The molecule has 2 rings (SSSR count). The van der Waals surface area contributed by atoms with E-state index in [1.165, 1.54) is 19.4 Å². The lowest BCUT2D eigenvalue weighted by Crippen LogP contribution is -2.32. The van der Waals surface area contributed by atoms with Crippen molar-refractivity contribution in [2.75, 3.05) is 19.5 Å². The van der Waals surface area contributed by atoms with Crippen LogP contribution in [0, 0.1) is 0 Å². The summed E-state index contributed by atoms with van der Waals surface area (Å²) in [7, 11) is 3.01. The summed E-state index contributed by atoms with van der Waals surface area (Å²) in [6.07, 6.45) is 1.41. The Morgan fingerprint density at radius 1 is 1.04 bits per heavy atom. The van der Waals surface area contributed by atoms with Gasteiger partial charge in [-0.1, -0.05) is 11.6 Å². The van der Waals surface area contributed by atoms with Crippen molar-refractivity contribution in [3.8, 4) is 11.5 Å². The van der Waals surface area contributed by atoms with E-state index in [1.54, 1.807) is 43.5 Å². The van der Waals surface area contributed by atoms with Gasteiger partial charge in [-0.05, 0) is 48.0 Å². The van der Waals surface area contributed by atoms with Gasteiger partial charge in [-0.25, -0.2) is 5.43 Å². The van der Waals surface area contributed by atoms with Crippen LogP contribution in [-0.4, -0.2) is 32.2 Å². The first kappa shape index (κ1) is 18.3. The Bertz CT molecular complexity index is 791. The van der Waals surface area contributed by atoms with Crippen LogP contribution < -0.4 is 20.2 Å². The van der Waals surface area contributed by atoms with Crippen molar-refractivity contribution in [2.45, 2.75) is 0 Å². The standard InChI is InChI=1S/C17H16ClN3O4/c1-24-13-6-3-11(4-7-13)10-19-21-17(23)16(22)20-14-9-12(18)5-8-15(14)25-2/h3-10H,1-2H3,(H,20,22)(H,21,23)/b19-10-. The van der Waals surface area contributed by atoms with Gasteiger partial charge in [0.1, 0.15) is 11.5 Å². The normalized spacial score (nSPS) is 10.4. The van der Waals surface area contributed by atoms with E-state index in [4.69, 9.17) is 21.1 Å². The first-order chi connectivity index (χ1) is 12.0. The molecule has 0 unspecified atom stereocenters. The van der Waals surface area contributed by atoms with Crippen LogP contribution in [0.1, 0.15) is 5.56 Å². The van der Waals surface area contributed by atoms with Crippen LogP contribution >= 0.6 is 11.6 Å². The average Bonchev–Trinajstić information content (AvgIpc) is 2.62. The van der Waals surface area contributed by atoms with E-state index in [0.717, 1.165) is 5.56 Å². The Morgan fingerprint density at radius 2 is 1.76 bits per heavy atom. The van der Waals surface area contributed by atoms with E-state index in [2.05, 4.69) is 15.8 Å². The fourth-order valence-corrected chi connectivity index (χ4v) is 2.04. The molecule has 0 aromatic heterocycles. The zero-order valence-electron chi connectivity index (χ0n) is 13.6. The van der Waals surface area contributed by atoms with Crippen LogP contribution in [0.5, 0.6) is 11.5 Å². The molecule has 0 bridgehead atoms. The third kappa shape index (κ3) is 5.22. The van der Waals surface area contributed by atoms with E-state index in [1.807, 2.05) is 0 Å². The molecule has 0 aliphatic heterocycles. The number of halogens is 1. The number of hydrogen-bond acceptors (Lipinski definition) is 5. The lowest BCUT2D eigenvalue weighted by Gasteiger charge is -2.09. The Hall–Kier alpha value is -3.06. The maximum Gasteiger partial charge on any atom is 0.329 e. The molecule has 8 heteroatoms. The number of nitrogens with one attached hydrogen (secondary N) is 2. The molecule has 0 atom stereocenters. The summed E-state index contributed by atoms with van der Waals surface area (Å²) in [4.78, 5) is 23.7. The number of amides is 2. The van der Waals surface area contributed by atoms with Gasteiger partial charge >= 0.3 is 11.8 Å². The molecule has 2 aromatic rings. The van der Waals surface area contributed by atoms with E-state index in [0.29, 0.717) is 16.5 Å². The number of methoxy groups -OCH3 is 2. The third-order valence-corrected chi connectivity index (χ3v) is 3.35. The summed E-state index contributed by atoms with van der Waals surface area (Å²) in [5.41, 5.74) is 3.17. The maximum atomic E-state index is 11.9. The fourth-order valence-electron chi connectivity index (χ4n) is 1.86. The van der Waals surface area contributed by atoms with Gasteiger partial charge in [-0.15, -0.1) is 0 Å². The van der Waals surface area contributed by atoms with E-state index in [9.17, 15) is 9.59 Å². The summed E-state index contributed by atoms with van der Waals surface area (Å²) in [5.74, 6) is -0.734. The first-order valence-electron chi connectivity index (χ1n) is 7.15. The Labute approximate surface area is 149 Å². The monoisotopic (exact) mass is 361 g/mol. The summed E-state index contributed by atoms with van der Waals surface area (Å²) in [6.45, 7) is 0. The van der Waals surface area contributed by atoms with E-state index in [-0.39, 0.29) is 5.69 Å². The van der Waals surface area contributed by atoms with Crippen molar-refractivity contribution in [1.29, 1.82) is 0 Å². The SMILES string of the molecule is COc1ccc(/C=N\NC(=O)C(=O)Nc2cc(Cl)ccc2OC)cc1. The molecule has 2 aromatic carbocycles. The van der Waals surface area contributed by atoms with Gasteiger partial charge in [0, 0.05) is 5.02 Å². The largest absolute Gasteiger partial charge is 0.497 e. The van der Waals surface area contributed by atoms with Crippen LogP contribution in [0.2, 0.25) is 5.02 Å². The maximum absolute atomic E-state index is 11.9. The Morgan fingerprint density at radius 3 is 2.40 bits per heavy atom. The molecular weight excluding hydrogens is 346 g/mol. The Kier molecular flexibility index (Phi) is 6.36. The highest BCUT2D eigenvalue weighted by Gasteiger charge is 2.15. The lowest BCUT2D eigenvalue weighted by molar-refractivity contribution is -0.136. The number of benzene rings is 2. The second kappa shape index (κ2) is 8.70. The summed E-state index contributed by atoms with van der Waals surface area (Å²) in [5, 5.41) is 6.55. The molecule has 130 valence electrons. The highest BCUT2D eigenvalue weighted by molar-refractivity contribution is 6.40. The Balaban J connectivity index is 1.95. The van der Waals surface area contributed by atoms with Gasteiger partial charge in [0.05, 0.1) is 26.1 Å². The van der Waals surface area contributed by atoms with Gasteiger partial charge in [-0.2, -0.15) is 5.10 Å². The summed E-state index contributed by atoms with van der Waals surface area (Å²) >= 11 is 5.87. The highest BCUT2D eigenvalue weighted by atomic mass is 35.5. The fraction of sp³-hybridized carbons (Fsp3) is 0.118. The topological polar surface area (TPSA) is 89.0 Å². The molecule has 0 heterocycles. The van der Waals surface area contributed by atoms with Gasteiger partial charge < -0.3 is 14.8 Å². The molecule has 2 amide bonds. The minimum Gasteiger partial charge on any atom is -0.497 e. The smallest absolute Gasteiger partial charge is 0.329 e.